The van der Waals surface area contributed by atoms with Crippen molar-refractivity contribution in [3.05, 3.63) is 35.9 Å². The molecule has 19 heavy (non-hydrogen) atoms. The van der Waals surface area contributed by atoms with Crippen molar-refractivity contribution in [1.29, 1.82) is 0 Å². The second kappa shape index (κ2) is 6.17. The van der Waals surface area contributed by atoms with Crippen LogP contribution in [0.15, 0.2) is 30.3 Å². The third-order valence-corrected chi connectivity index (χ3v) is 3.43. The van der Waals surface area contributed by atoms with Gasteiger partial charge in [-0.3, -0.25) is 4.79 Å². The lowest BCUT2D eigenvalue weighted by Crippen LogP contribution is -2.39. The van der Waals surface area contributed by atoms with Crippen molar-refractivity contribution >= 4 is 5.91 Å². The number of hydrogen-bond donors (Lipinski definition) is 1. The first kappa shape index (κ1) is 14.0. The van der Waals surface area contributed by atoms with Crippen LogP contribution < -0.4 is 0 Å². The molecule has 0 saturated carbocycles. The van der Waals surface area contributed by atoms with Crippen molar-refractivity contribution in [3.8, 4) is 0 Å². The molecule has 0 unspecified atom stereocenters. The fourth-order valence-electron chi connectivity index (χ4n) is 2.59. The van der Waals surface area contributed by atoms with Crippen LogP contribution >= 0.6 is 0 Å². The predicted octanol–water partition coefficient (Wildman–Crippen LogP) is 1.75. The largest absolute Gasteiger partial charge is 0.394 e. The van der Waals surface area contributed by atoms with Crippen molar-refractivity contribution < 1.29 is 14.6 Å². The quantitative estimate of drug-likeness (QED) is 0.903. The zero-order valence-corrected chi connectivity index (χ0v) is 11.5. The third-order valence-electron chi connectivity index (χ3n) is 3.43. The number of amides is 1. The molecule has 1 aromatic carbocycles. The molecule has 1 saturated heterocycles. The molecule has 1 aliphatic heterocycles. The van der Waals surface area contributed by atoms with Gasteiger partial charge in [0.05, 0.1) is 31.3 Å². The summed E-state index contributed by atoms with van der Waals surface area (Å²) in [6, 6.07) is 9.36. The van der Waals surface area contributed by atoms with Gasteiger partial charge in [-0.15, -0.1) is 0 Å². The lowest BCUT2D eigenvalue weighted by Gasteiger charge is -2.30. The van der Waals surface area contributed by atoms with Gasteiger partial charge < -0.3 is 14.7 Å². The van der Waals surface area contributed by atoms with E-state index in [1.165, 1.54) is 0 Å². The van der Waals surface area contributed by atoms with Crippen LogP contribution in [0, 0.1) is 0 Å². The monoisotopic (exact) mass is 263 g/mol. The smallest absolute Gasteiger partial charge is 0.225 e. The van der Waals surface area contributed by atoms with Crippen molar-refractivity contribution in [2.75, 3.05) is 13.2 Å². The van der Waals surface area contributed by atoms with Gasteiger partial charge in [0.15, 0.2) is 0 Å². The zero-order chi connectivity index (χ0) is 13.8. The van der Waals surface area contributed by atoms with E-state index < -0.39 is 0 Å². The van der Waals surface area contributed by atoms with Gasteiger partial charge >= 0.3 is 0 Å². The fraction of sp³-hybridized carbons (Fsp3) is 0.533. The van der Waals surface area contributed by atoms with Crippen molar-refractivity contribution in [2.24, 2.45) is 0 Å². The molecule has 0 aromatic heterocycles. The Morgan fingerprint density at radius 1 is 1.32 bits per heavy atom. The van der Waals surface area contributed by atoms with E-state index in [2.05, 4.69) is 0 Å². The summed E-state index contributed by atoms with van der Waals surface area (Å²) in [5, 5.41) is 9.66. The number of carbonyl (C=O) groups excluding carboxylic acids is 1. The Labute approximate surface area is 114 Å². The van der Waals surface area contributed by atoms with E-state index in [0.717, 1.165) is 5.56 Å². The van der Waals surface area contributed by atoms with E-state index in [0.29, 0.717) is 13.0 Å². The number of rotatable bonds is 3. The van der Waals surface area contributed by atoms with Gasteiger partial charge in [-0.25, -0.2) is 0 Å². The molecular weight excluding hydrogens is 242 g/mol. The molecule has 4 heteroatoms. The maximum absolute atomic E-state index is 12.3. The summed E-state index contributed by atoms with van der Waals surface area (Å²) < 4.78 is 5.70. The van der Waals surface area contributed by atoms with Crippen molar-refractivity contribution in [1.82, 2.24) is 4.90 Å². The van der Waals surface area contributed by atoms with E-state index in [1.54, 1.807) is 4.90 Å². The number of carbonyl (C=O) groups is 1. The Balaban J connectivity index is 2.23. The fourth-order valence-corrected chi connectivity index (χ4v) is 2.59. The Bertz CT molecular complexity index is 421. The second-order valence-electron chi connectivity index (χ2n) is 5.12. The molecule has 1 aromatic rings. The molecular formula is C15H21NO3. The van der Waals surface area contributed by atoms with Crippen LogP contribution in [0.2, 0.25) is 0 Å². The maximum Gasteiger partial charge on any atom is 0.225 e. The molecule has 0 radical (unpaired) electrons. The summed E-state index contributed by atoms with van der Waals surface area (Å²) in [7, 11) is 0. The van der Waals surface area contributed by atoms with Crippen LogP contribution in [0.25, 0.3) is 0 Å². The van der Waals surface area contributed by atoms with Gasteiger partial charge in [0.2, 0.25) is 5.91 Å². The van der Waals surface area contributed by atoms with Crippen LogP contribution in [-0.4, -0.2) is 41.3 Å². The van der Waals surface area contributed by atoms with E-state index in [1.807, 2.05) is 44.2 Å². The molecule has 2 rings (SSSR count). The normalized spacial score (nSPS) is 26.1. The Kier molecular flexibility index (Phi) is 4.56. The number of nitrogens with zero attached hydrogens (tertiary/aromatic N) is 1. The minimum absolute atomic E-state index is 0.0146. The van der Waals surface area contributed by atoms with Crippen molar-refractivity contribution in [3.63, 3.8) is 0 Å². The first-order chi connectivity index (χ1) is 9.11. The standard InChI is InChI=1S/C15H21NO3/c1-11-8-15(18)16(9-12(2)19-11)14(10-17)13-6-4-3-5-7-13/h3-7,11-12,14,17H,8-10H2,1-2H3/t11-,12+,14+/m1/s1. The van der Waals surface area contributed by atoms with Crippen LogP contribution in [-0.2, 0) is 9.53 Å². The maximum atomic E-state index is 12.3. The Morgan fingerprint density at radius 3 is 2.63 bits per heavy atom. The molecule has 0 bridgehead atoms. The first-order valence-corrected chi connectivity index (χ1v) is 6.72. The van der Waals surface area contributed by atoms with E-state index in [9.17, 15) is 9.90 Å². The van der Waals surface area contributed by atoms with Crippen molar-refractivity contribution in [2.45, 2.75) is 38.5 Å². The van der Waals surface area contributed by atoms with Gasteiger partial charge in [-0.2, -0.15) is 0 Å². The first-order valence-electron chi connectivity index (χ1n) is 6.72. The molecule has 1 heterocycles. The average molecular weight is 263 g/mol. The highest BCUT2D eigenvalue weighted by Gasteiger charge is 2.30. The third kappa shape index (κ3) is 3.33. The van der Waals surface area contributed by atoms with Gasteiger partial charge in [-0.1, -0.05) is 30.3 Å². The van der Waals surface area contributed by atoms with Crippen LogP contribution in [0.4, 0.5) is 0 Å². The number of benzene rings is 1. The van der Waals surface area contributed by atoms with Crippen LogP contribution in [0.1, 0.15) is 31.9 Å². The van der Waals surface area contributed by atoms with Gasteiger partial charge in [-0.05, 0) is 19.4 Å². The number of aliphatic hydroxyl groups excluding tert-OH is 1. The molecule has 1 aliphatic rings. The van der Waals surface area contributed by atoms with E-state index in [4.69, 9.17) is 4.74 Å². The summed E-state index contributed by atoms with van der Waals surface area (Å²) in [6.45, 7) is 4.32. The topological polar surface area (TPSA) is 49.8 Å². The molecule has 1 N–H and O–H groups in total. The predicted molar refractivity (Wildman–Crippen MR) is 72.6 cm³/mol. The minimum Gasteiger partial charge on any atom is -0.394 e. The molecule has 3 atom stereocenters. The Morgan fingerprint density at radius 2 is 2.00 bits per heavy atom. The summed E-state index contributed by atoms with van der Waals surface area (Å²) in [4.78, 5) is 14.0. The molecule has 4 nitrogen and oxygen atoms in total. The molecule has 1 amide bonds. The highest BCUT2D eigenvalue weighted by molar-refractivity contribution is 5.77. The molecule has 1 fully saturated rings. The average Bonchev–Trinajstić information content (AvgIpc) is 2.50. The van der Waals surface area contributed by atoms with Crippen LogP contribution in [0.5, 0.6) is 0 Å². The summed E-state index contributed by atoms with van der Waals surface area (Å²) in [5.74, 6) is 0.0414. The summed E-state index contributed by atoms with van der Waals surface area (Å²) >= 11 is 0. The SMILES string of the molecule is C[C@@H]1CC(=O)N([C@@H](CO)c2ccccc2)C[C@H](C)O1. The van der Waals surface area contributed by atoms with E-state index in [-0.39, 0.29) is 30.8 Å². The molecule has 104 valence electrons. The van der Waals surface area contributed by atoms with Gasteiger partial charge in [0.1, 0.15) is 0 Å². The highest BCUT2D eigenvalue weighted by Crippen LogP contribution is 2.24. The van der Waals surface area contributed by atoms with Gasteiger partial charge in [0.25, 0.3) is 0 Å². The second-order valence-corrected chi connectivity index (χ2v) is 5.12. The zero-order valence-electron chi connectivity index (χ0n) is 11.5. The number of aliphatic hydroxyl groups is 1. The number of ether oxygens (including phenoxy) is 1. The number of hydrogen-bond acceptors (Lipinski definition) is 3. The lowest BCUT2D eigenvalue weighted by atomic mass is 10.0. The summed E-state index contributed by atoms with van der Waals surface area (Å²) in [6.07, 6.45) is 0.287. The summed E-state index contributed by atoms with van der Waals surface area (Å²) in [5.41, 5.74) is 0.958. The van der Waals surface area contributed by atoms with Crippen LogP contribution in [0.3, 0.4) is 0 Å². The lowest BCUT2D eigenvalue weighted by molar-refractivity contribution is -0.134. The minimum atomic E-state index is -0.287. The molecule has 0 aliphatic carbocycles. The molecule has 0 spiro atoms. The highest BCUT2D eigenvalue weighted by atomic mass is 16.5. The van der Waals surface area contributed by atoms with Gasteiger partial charge in [0, 0.05) is 6.54 Å². The van der Waals surface area contributed by atoms with E-state index >= 15 is 0 Å². The Hall–Kier alpha value is -1.39.